The van der Waals surface area contributed by atoms with Crippen LogP contribution in [-0.4, -0.2) is 44.4 Å². The normalized spacial score (nSPS) is 15.3. The number of hydrogen-bond donors (Lipinski definition) is 0. The second-order valence-corrected chi connectivity index (χ2v) is 7.53. The van der Waals surface area contributed by atoms with Gasteiger partial charge in [0.05, 0.1) is 16.6 Å². The first-order valence-electron chi connectivity index (χ1n) is 8.22. The molecular formula is C17H22N4O4. The summed E-state index contributed by atoms with van der Waals surface area (Å²) in [6.07, 6.45) is 1.41. The first-order chi connectivity index (χ1) is 11.6. The van der Waals surface area contributed by atoms with Crippen LogP contribution >= 0.6 is 0 Å². The van der Waals surface area contributed by atoms with Crippen LogP contribution in [0.3, 0.4) is 0 Å². The van der Waals surface area contributed by atoms with Crippen LogP contribution in [0.25, 0.3) is 10.9 Å². The molecule has 134 valence electrons. The quantitative estimate of drug-likeness (QED) is 0.629. The van der Waals surface area contributed by atoms with Crippen molar-refractivity contribution in [2.45, 2.75) is 39.8 Å². The van der Waals surface area contributed by atoms with Gasteiger partial charge in [-0.3, -0.25) is 14.8 Å². The molecule has 1 aliphatic rings. The smallest absolute Gasteiger partial charge is 0.410 e. The minimum absolute atomic E-state index is 0.0956. The Balaban J connectivity index is 1.68. The molecule has 0 bridgehead atoms. The first-order valence-corrected chi connectivity index (χ1v) is 8.22. The minimum Gasteiger partial charge on any atom is -0.444 e. The number of nitro benzene ring substituents is 1. The maximum atomic E-state index is 12.0. The summed E-state index contributed by atoms with van der Waals surface area (Å²) < 4.78 is 7.12. The number of carbonyl (C=O) groups is 1. The number of nitrogens with zero attached hydrogens (tertiary/aromatic N) is 4. The lowest BCUT2D eigenvalue weighted by Crippen LogP contribution is -2.52. The van der Waals surface area contributed by atoms with E-state index in [4.69, 9.17) is 4.74 Å². The van der Waals surface area contributed by atoms with Crippen molar-refractivity contribution in [3.05, 3.63) is 34.0 Å². The molecule has 3 rings (SSSR count). The molecule has 0 aliphatic carbocycles. The van der Waals surface area contributed by atoms with Crippen molar-refractivity contribution in [3.63, 3.8) is 0 Å². The van der Waals surface area contributed by atoms with E-state index in [1.54, 1.807) is 34.8 Å². The Hall–Kier alpha value is -2.64. The van der Waals surface area contributed by atoms with Crippen LogP contribution in [-0.2, 0) is 11.3 Å². The Labute approximate surface area is 145 Å². The molecular weight excluding hydrogens is 324 g/mol. The van der Waals surface area contributed by atoms with Crippen molar-refractivity contribution < 1.29 is 14.5 Å². The van der Waals surface area contributed by atoms with E-state index in [1.807, 2.05) is 20.8 Å². The lowest BCUT2D eigenvalue weighted by atomic mass is 10.0. The third-order valence-corrected chi connectivity index (χ3v) is 4.20. The molecule has 8 nitrogen and oxygen atoms in total. The summed E-state index contributed by atoms with van der Waals surface area (Å²) in [5.74, 6) is 0.260. The molecule has 0 saturated carbocycles. The van der Waals surface area contributed by atoms with E-state index in [0.717, 1.165) is 10.9 Å². The van der Waals surface area contributed by atoms with Crippen molar-refractivity contribution in [1.82, 2.24) is 14.7 Å². The molecule has 1 amide bonds. The van der Waals surface area contributed by atoms with Gasteiger partial charge >= 0.3 is 6.09 Å². The van der Waals surface area contributed by atoms with Crippen molar-refractivity contribution in [2.75, 3.05) is 13.1 Å². The number of benzene rings is 1. The maximum Gasteiger partial charge on any atom is 0.410 e. The molecule has 1 saturated heterocycles. The molecule has 0 N–H and O–H groups in total. The Morgan fingerprint density at radius 1 is 1.40 bits per heavy atom. The highest BCUT2D eigenvalue weighted by Crippen LogP contribution is 2.27. The van der Waals surface area contributed by atoms with E-state index < -0.39 is 5.60 Å². The molecule has 0 atom stereocenters. The molecule has 1 aromatic carbocycles. The van der Waals surface area contributed by atoms with Crippen LogP contribution in [0.2, 0.25) is 0 Å². The van der Waals surface area contributed by atoms with Gasteiger partial charge < -0.3 is 9.64 Å². The van der Waals surface area contributed by atoms with Crippen LogP contribution in [0.15, 0.2) is 18.3 Å². The summed E-state index contributed by atoms with van der Waals surface area (Å²) in [6.45, 7) is 9.06. The number of ether oxygens (including phenoxy) is 1. The van der Waals surface area contributed by atoms with E-state index >= 15 is 0 Å². The molecule has 2 heterocycles. The first kappa shape index (κ1) is 17.2. The molecule has 1 aliphatic heterocycles. The van der Waals surface area contributed by atoms with Gasteiger partial charge in [0.25, 0.3) is 5.69 Å². The number of carbonyl (C=O) groups excluding carboxylic acids is 1. The number of nitro groups is 1. The predicted octanol–water partition coefficient (Wildman–Crippen LogP) is 3.12. The number of fused-ring (bicyclic) bond motifs is 1. The van der Waals surface area contributed by atoms with Gasteiger partial charge in [0.15, 0.2) is 0 Å². The molecule has 0 spiro atoms. The number of rotatable bonds is 3. The van der Waals surface area contributed by atoms with Gasteiger partial charge in [0.1, 0.15) is 5.60 Å². The topological polar surface area (TPSA) is 90.5 Å². The minimum atomic E-state index is -0.503. The fraction of sp³-hybridized carbons (Fsp3) is 0.529. The fourth-order valence-corrected chi connectivity index (χ4v) is 2.98. The molecule has 1 aromatic heterocycles. The molecule has 2 aromatic rings. The van der Waals surface area contributed by atoms with Gasteiger partial charge in [-0.15, -0.1) is 0 Å². The SMILES string of the molecule is Cc1cc2cnn(CC3CN(C(=O)OC(C)(C)C)C3)c2cc1[N+](=O)[O-]. The van der Waals surface area contributed by atoms with Gasteiger partial charge in [-0.1, -0.05) is 0 Å². The zero-order chi connectivity index (χ0) is 18.4. The highest BCUT2D eigenvalue weighted by molar-refractivity contribution is 5.82. The Kier molecular flexibility index (Phi) is 4.14. The third kappa shape index (κ3) is 3.57. The van der Waals surface area contributed by atoms with Crippen molar-refractivity contribution in [2.24, 2.45) is 5.92 Å². The van der Waals surface area contributed by atoms with Crippen molar-refractivity contribution in [3.8, 4) is 0 Å². The number of aryl methyl sites for hydroxylation is 1. The molecule has 25 heavy (non-hydrogen) atoms. The summed E-state index contributed by atoms with van der Waals surface area (Å²) in [4.78, 5) is 24.4. The largest absolute Gasteiger partial charge is 0.444 e. The van der Waals surface area contributed by atoms with E-state index in [2.05, 4.69) is 5.10 Å². The summed E-state index contributed by atoms with van der Waals surface area (Å²) in [5, 5.41) is 16.4. The molecule has 8 heteroatoms. The maximum absolute atomic E-state index is 12.0. The average Bonchev–Trinajstić information content (AvgIpc) is 2.80. The lowest BCUT2D eigenvalue weighted by Gasteiger charge is -2.39. The second-order valence-electron chi connectivity index (χ2n) is 7.53. The Morgan fingerprint density at radius 3 is 2.68 bits per heavy atom. The summed E-state index contributed by atoms with van der Waals surface area (Å²) >= 11 is 0. The van der Waals surface area contributed by atoms with Gasteiger partial charge in [-0.25, -0.2) is 4.79 Å². The predicted molar refractivity (Wildman–Crippen MR) is 92.4 cm³/mol. The fourth-order valence-electron chi connectivity index (χ4n) is 2.98. The van der Waals surface area contributed by atoms with E-state index in [9.17, 15) is 14.9 Å². The number of hydrogen-bond acceptors (Lipinski definition) is 5. The molecule has 0 unspecified atom stereocenters. The highest BCUT2D eigenvalue weighted by Gasteiger charge is 2.34. The van der Waals surface area contributed by atoms with Crippen LogP contribution in [0.4, 0.5) is 10.5 Å². The van der Waals surface area contributed by atoms with Crippen LogP contribution < -0.4 is 0 Å². The summed E-state index contributed by atoms with van der Waals surface area (Å²) in [5.41, 5.74) is 0.958. The average molecular weight is 346 g/mol. The zero-order valence-corrected chi connectivity index (χ0v) is 14.9. The monoisotopic (exact) mass is 346 g/mol. The van der Waals surface area contributed by atoms with Crippen LogP contribution in [0.1, 0.15) is 26.3 Å². The van der Waals surface area contributed by atoms with Crippen LogP contribution in [0.5, 0.6) is 0 Å². The molecule has 1 fully saturated rings. The molecule has 0 radical (unpaired) electrons. The second kappa shape index (κ2) is 6.02. The van der Waals surface area contributed by atoms with Gasteiger partial charge in [0.2, 0.25) is 0 Å². The standard InChI is InChI=1S/C17H22N4O4/c1-11-5-13-7-18-20(15(13)6-14(11)21(23)24)10-12-8-19(9-12)16(22)25-17(2,3)4/h5-7,12H,8-10H2,1-4H3. The van der Waals surface area contributed by atoms with Crippen LogP contribution in [0, 0.1) is 23.0 Å². The van der Waals surface area contributed by atoms with E-state index in [0.29, 0.717) is 25.2 Å². The van der Waals surface area contributed by atoms with E-state index in [-0.39, 0.29) is 22.6 Å². The van der Waals surface area contributed by atoms with Crippen molar-refractivity contribution >= 4 is 22.7 Å². The number of likely N-dealkylation sites (tertiary alicyclic amines) is 1. The van der Waals surface area contributed by atoms with Gasteiger partial charge in [0, 0.05) is 42.6 Å². The van der Waals surface area contributed by atoms with E-state index in [1.165, 1.54) is 0 Å². The number of aromatic nitrogens is 2. The van der Waals surface area contributed by atoms with Crippen molar-refractivity contribution in [1.29, 1.82) is 0 Å². The Morgan fingerprint density at radius 2 is 2.08 bits per heavy atom. The highest BCUT2D eigenvalue weighted by atomic mass is 16.6. The summed E-state index contributed by atoms with van der Waals surface area (Å²) in [6, 6.07) is 3.35. The Bertz CT molecular complexity index is 831. The van der Waals surface area contributed by atoms with Gasteiger partial charge in [-0.05, 0) is 33.8 Å². The zero-order valence-electron chi connectivity index (χ0n) is 14.9. The number of amides is 1. The van der Waals surface area contributed by atoms with Gasteiger partial charge in [-0.2, -0.15) is 5.10 Å². The third-order valence-electron chi connectivity index (χ3n) is 4.20. The summed E-state index contributed by atoms with van der Waals surface area (Å²) in [7, 11) is 0. The lowest BCUT2D eigenvalue weighted by molar-refractivity contribution is -0.385.